The van der Waals surface area contributed by atoms with Crippen LogP contribution in [0.1, 0.15) is 33.6 Å². The second-order valence-electron chi connectivity index (χ2n) is 4.02. The third kappa shape index (κ3) is 1.85. The lowest BCUT2D eigenvalue weighted by Crippen LogP contribution is -2.20. The molecule has 1 aliphatic heterocycles. The van der Waals surface area contributed by atoms with Crippen LogP contribution in [-0.2, 0) is 0 Å². The van der Waals surface area contributed by atoms with E-state index in [9.17, 15) is 4.79 Å². The maximum atomic E-state index is 12.0. The third-order valence-corrected chi connectivity index (χ3v) is 3.59. The highest BCUT2D eigenvalue weighted by molar-refractivity contribution is 7.09. The van der Waals surface area contributed by atoms with Crippen molar-refractivity contribution in [3.63, 3.8) is 0 Å². The van der Waals surface area contributed by atoms with E-state index in [1.54, 1.807) is 17.4 Å². The summed E-state index contributed by atoms with van der Waals surface area (Å²) in [6.07, 6.45) is 0.141. The molecule has 0 amide bonds. The maximum Gasteiger partial charge on any atom is 0.170 e. The maximum absolute atomic E-state index is 12.0. The Hall–Kier alpha value is -1.68. The van der Waals surface area contributed by atoms with Crippen LogP contribution in [-0.4, -0.2) is 10.8 Å². The lowest BCUT2D eigenvalue weighted by atomic mass is 9.99. The number of ether oxygens (including phenoxy) is 1. The number of aryl methyl sites for hydroxylation is 1. The second-order valence-corrected chi connectivity index (χ2v) is 5.08. The quantitative estimate of drug-likeness (QED) is 0.774. The highest BCUT2D eigenvalue weighted by atomic mass is 32.1. The molecule has 0 spiro atoms. The summed E-state index contributed by atoms with van der Waals surface area (Å²) in [6, 6.07) is 7.37. The summed E-state index contributed by atoms with van der Waals surface area (Å²) in [5.41, 5.74) is 1.53. The van der Waals surface area contributed by atoms with Gasteiger partial charge in [0.15, 0.2) is 5.78 Å². The molecule has 0 radical (unpaired) electrons. The van der Waals surface area contributed by atoms with E-state index in [2.05, 4.69) is 4.98 Å². The van der Waals surface area contributed by atoms with Crippen molar-refractivity contribution in [2.45, 2.75) is 19.4 Å². The fourth-order valence-corrected chi connectivity index (χ4v) is 2.62. The van der Waals surface area contributed by atoms with E-state index in [0.29, 0.717) is 17.7 Å². The summed E-state index contributed by atoms with van der Waals surface area (Å²) in [6.45, 7) is 1.95. The number of Topliss-reactive ketones (excluding diaryl/α,β-unsaturated/α-hetero) is 1. The predicted octanol–water partition coefficient (Wildman–Crippen LogP) is 3.16. The van der Waals surface area contributed by atoms with Gasteiger partial charge in [0.05, 0.1) is 22.7 Å². The van der Waals surface area contributed by atoms with Gasteiger partial charge in [-0.1, -0.05) is 12.1 Å². The number of hydrogen-bond donors (Lipinski definition) is 0. The lowest BCUT2D eigenvalue weighted by Gasteiger charge is -2.23. The van der Waals surface area contributed by atoms with Gasteiger partial charge in [-0.15, -0.1) is 11.3 Å². The minimum absolute atomic E-state index is 0.127. The molecule has 17 heavy (non-hydrogen) atoms. The third-order valence-electron chi connectivity index (χ3n) is 2.79. The molecule has 1 aromatic heterocycles. The molecule has 0 saturated carbocycles. The van der Waals surface area contributed by atoms with Crippen molar-refractivity contribution in [1.29, 1.82) is 0 Å². The van der Waals surface area contributed by atoms with Crippen molar-refractivity contribution >= 4 is 17.1 Å². The second kappa shape index (κ2) is 3.96. The van der Waals surface area contributed by atoms with Gasteiger partial charge in [-0.2, -0.15) is 0 Å². The fraction of sp³-hybridized carbons (Fsp3) is 0.231. The highest BCUT2D eigenvalue weighted by Gasteiger charge is 2.28. The van der Waals surface area contributed by atoms with Crippen LogP contribution in [0.3, 0.4) is 0 Å². The number of carbonyl (C=O) groups excluding carboxylic acids is 1. The average Bonchev–Trinajstić information content (AvgIpc) is 2.76. The molecule has 3 nitrogen and oxygen atoms in total. The molecule has 86 valence electrons. The molecule has 0 fully saturated rings. The van der Waals surface area contributed by atoms with Crippen molar-refractivity contribution in [1.82, 2.24) is 4.98 Å². The fourth-order valence-electron chi connectivity index (χ4n) is 1.97. The number of hydrogen-bond acceptors (Lipinski definition) is 4. The molecule has 1 unspecified atom stereocenters. The number of benzene rings is 1. The Morgan fingerprint density at radius 2 is 2.24 bits per heavy atom. The molecule has 0 N–H and O–H groups in total. The molecule has 1 aliphatic rings. The zero-order chi connectivity index (χ0) is 11.8. The average molecular weight is 245 g/mol. The van der Waals surface area contributed by atoms with Crippen LogP contribution in [0, 0.1) is 6.92 Å². The SMILES string of the molecule is Cc1nc(C2CC(=O)c3ccccc3O2)cs1. The van der Waals surface area contributed by atoms with Crippen LogP contribution in [0.4, 0.5) is 0 Å². The number of thiazole rings is 1. The first kappa shape index (κ1) is 10.5. The molecule has 0 bridgehead atoms. The molecule has 4 heteroatoms. The minimum atomic E-state index is -0.234. The first-order chi connectivity index (χ1) is 8.24. The number of nitrogens with zero attached hydrogens (tertiary/aromatic N) is 1. The Kier molecular flexibility index (Phi) is 2.44. The van der Waals surface area contributed by atoms with Crippen molar-refractivity contribution in [2.24, 2.45) is 0 Å². The zero-order valence-corrected chi connectivity index (χ0v) is 10.2. The molecular formula is C13H11NO2S. The van der Waals surface area contributed by atoms with Crippen molar-refractivity contribution in [2.75, 3.05) is 0 Å². The molecular weight excluding hydrogens is 234 g/mol. The van der Waals surface area contributed by atoms with E-state index in [4.69, 9.17) is 4.74 Å². The Bertz CT molecular complexity index is 576. The largest absolute Gasteiger partial charge is 0.483 e. The number of aromatic nitrogens is 1. The Labute approximate surface area is 103 Å². The van der Waals surface area contributed by atoms with Crippen LogP contribution in [0.15, 0.2) is 29.6 Å². The van der Waals surface area contributed by atoms with Gasteiger partial charge in [-0.25, -0.2) is 4.98 Å². The zero-order valence-electron chi connectivity index (χ0n) is 9.34. The van der Waals surface area contributed by atoms with Gasteiger partial charge < -0.3 is 4.74 Å². The number of para-hydroxylation sites is 1. The van der Waals surface area contributed by atoms with Crippen LogP contribution in [0.2, 0.25) is 0 Å². The van der Waals surface area contributed by atoms with Gasteiger partial charge in [0.25, 0.3) is 0 Å². The van der Waals surface area contributed by atoms with E-state index in [1.807, 2.05) is 30.5 Å². The Morgan fingerprint density at radius 3 is 3.00 bits per heavy atom. The van der Waals surface area contributed by atoms with Crippen molar-refractivity contribution in [3.8, 4) is 5.75 Å². The van der Waals surface area contributed by atoms with Gasteiger partial charge in [0.2, 0.25) is 0 Å². The summed E-state index contributed by atoms with van der Waals surface area (Å²) in [4.78, 5) is 16.4. The smallest absolute Gasteiger partial charge is 0.170 e. The minimum Gasteiger partial charge on any atom is -0.483 e. The lowest BCUT2D eigenvalue weighted by molar-refractivity contribution is 0.0845. The Balaban J connectivity index is 1.96. The molecule has 1 atom stereocenters. The van der Waals surface area contributed by atoms with E-state index < -0.39 is 0 Å². The molecule has 3 rings (SSSR count). The van der Waals surface area contributed by atoms with E-state index in [0.717, 1.165) is 10.7 Å². The normalized spacial score (nSPS) is 18.6. The van der Waals surface area contributed by atoms with Gasteiger partial charge in [0.1, 0.15) is 11.9 Å². The van der Waals surface area contributed by atoms with Crippen molar-refractivity contribution in [3.05, 3.63) is 45.9 Å². The number of ketones is 1. The van der Waals surface area contributed by atoms with Crippen molar-refractivity contribution < 1.29 is 9.53 Å². The molecule has 2 heterocycles. The molecule has 2 aromatic rings. The van der Waals surface area contributed by atoms with E-state index in [-0.39, 0.29) is 11.9 Å². The summed E-state index contributed by atoms with van der Waals surface area (Å²) < 4.78 is 5.83. The molecule has 0 aliphatic carbocycles. The monoisotopic (exact) mass is 245 g/mol. The first-order valence-electron chi connectivity index (χ1n) is 5.45. The summed E-state index contributed by atoms with van der Waals surface area (Å²) >= 11 is 1.58. The van der Waals surface area contributed by atoms with Crippen LogP contribution in [0.5, 0.6) is 5.75 Å². The Morgan fingerprint density at radius 1 is 1.41 bits per heavy atom. The number of fused-ring (bicyclic) bond motifs is 1. The van der Waals surface area contributed by atoms with Crippen LogP contribution in [0.25, 0.3) is 0 Å². The van der Waals surface area contributed by atoms with E-state index in [1.165, 1.54) is 0 Å². The predicted molar refractivity (Wildman–Crippen MR) is 65.6 cm³/mol. The topological polar surface area (TPSA) is 39.2 Å². The highest BCUT2D eigenvalue weighted by Crippen LogP contribution is 2.34. The van der Waals surface area contributed by atoms with Gasteiger partial charge in [-0.05, 0) is 19.1 Å². The molecule has 0 saturated heterocycles. The van der Waals surface area contributed by atoms with Crippen LogP contribution < -0.4 is 4.74 Å². The van der Waals surface area contributed by atoms with Crippen LogP contribution >= 0.6 is 11.3 Å². The van der Waals surface area contributed by atoms with E-state index >= 15 is 0 Å². The summed E-state index contributed by atoms with van der Waals surface area (Å²) in [5, 5.41) is 2.95. The first-order valence-corrected chi connectivity index (χ1v) is 6.33. The van der Waals surface area contributed by atoms with Gasteiger partial charge in [-0.3, -0.25) is 4.79 Å². The number of rotatable bonds is 1. The standard InChI is InChI=1S/C13H11NO2S/c1-8-14-10(7-17-8)13-6-11(15)9-4-2-3-5-12(9)16-13/h2-5,7,13H,6H2,1H3. The molecule has 1 aromatic carbocycles. The van der Waals surface area contributed by atoms with Gasteiger partial charge >= 0.3 is 0 Å². The number of carbonyl (C=O) groups is 1. The van der Waals surface area contributed by atoms with Gasteiger partial charge in [0, 0.05) is 5.38 Å². The summed E-state index contributed by atoms with van der Waals surface area (Å²) in [5.74, 6) is 0.793. The summed E-state index contributed by atoms with van der Waals surface area (Å²) in [7, 11) is 0.